The molecule has 726 valence electrons. The molecule has 4 aromatic rings. The molecule has 18 atom stereocenters. The minimum Gasteiger partial charge on any atom is -0.480 e. The lowest BCUT2D eigenvalue weighted by molar-refractivity contribution is -0.137. The summed E-state index contributed by atoms with van der Waals surface area (Å²) in [5.74, 6) is -4.02. The number of carbonyl (C=O) groups excluding carboxylic acids is 9. The van der Waals surface area contributed by atoms with Crippen LogP contribution in [-0.4, -0.2) is 260 Å². The second-order valence-corrected chi connectivity index (χ2v) is 30.7. The fourth-order valence-corrected chi connectivity index (χ4v) is 11.5. The molecule has 8 amide bonds. The number of halogens is 4. The van der Waals surface area contributed by atoms with Gasteiger partial charge < -0.3 is 103 Å². The van der Waals surface area contributed by atoms with Crippen molar-refractivity contribution in [2.75, 3.05) is 62.9 Å². The number of ketones is 1. The van der Waals surface area contributed by atoms with Crippen molar-refractivity contribution in [1.29, 1.82) is 11.1 Å². The number of carboxylic acids is 1. The summed E-state index contributed by atoms with van der Waals surface area (Å²) in [6.45, 7) is 14.9. The molecule has 0 heterocycles. The molecule has 0 aliphatic heterocycles. The van der Waals surface area contributed by atoms with E-state index in [0.717, 1.165) is 38.5 Å². The molecular weight excluding hydrogens is 1750 g/mol. The van der Waals surface area contributed by atoms with E-state index in [1.165, 1.54) is 19.6 Å². The highest BCUT2D eigenvalue weighted by molar-refractivity contribution is 6.14. The molecule has 9 unspecified atom stereocenters. The van der Waals surface area contributed by atoms with Gasteiger partial charge in [-0.1, -0.05) is 218 Å². The van der Waals surface area contributed by atoms with Gasteiger partial charge in [0.25, 0.3) is 0 Å². The number of rotatable bonds is 47. The fraction of sp³-hybridized carbons (Fsp3) is 0.600. The van der Waals surface area contributed by atoms with E-state index in [1.807, 2.05) is 97.0 Å². The van der Waals surface area contributed by atoms with E-state index in [0.29, 0.717) is 35.1 Å². The second-order valence-electron chi connectivity index (χ2n) is 30.4. The Balaban J connectivity index is -0.000000482. The summed E-state index contributed by atoms with van der Waals surface area (Å²) < 4.78 is 5.19. The highest BCUT2D eigenvalue weighted by atomic mass is 35.5. The Labute approximate surface area is 774 Å². The summed E-state index contributed by atoms with van der Waals surface area (Å²) in [6, 6.07) is 31.6. The maximum absolute atomic E-state index is 12.4. The first kappa shape index (κ1) is 127. The van der Waals surface area contributed by atoms with Crippen molar-refractivity contribution in [3.63, 3.8) is 0 Å². The number of nitrogens with zero attached hydrogens (tertiary/aromatic N) is 10. The molecule has 39 nitrogen and oxygen atoms in total. The number of nitrogens with two attached hydrogens (primary N) is 2. The van der Waals surface area contributed by atoms with E-state index in [-0.39, 0.29) is 142 Å². The van der Waals surface area contributed by atoms with E-state index < -0.39 is 109 Å². The number of hydrogen-bond donors (Lipinski definition) is 19. The first-order valence-electron chi connectivity index (χ1n) is 41.5. The molecule has 4 rings (SSSR count). The number of benzene rings is 4. The Kier molecular flexibility index (Phi) is 74.3. The van der Waals surface area contributed by atoms with Gasteiger partial charge in [-0.15, -0.1) is 24.8 Å². The molecule has 0 aromatic heterocycles. The number of carboxylic acid groups (broad SMARTS) is 1. The number of nitrogens with one attached hydrogen (secondary N) is 7. The van der Waals surface area contributed by atoms with Gasteiger partial charge in [0, 0.05) is 88.1 Å². The van der Waals surface area contributed by atoms with Crippen LogP contribution in [0.2, 0.25) is 0 Å². The lowest BCUT2D eigenvalue weighted by Gasteiger charge is -2.24. The van der Waals surface area contributed by atoms with Crippen LogP contribution in [0.5, 0.6) is 0 Å². The molecule has 128 heavy (non-hydrogen) atoms. The minimum atomic E-state index is -1.28. The van der Waals surface area contributed by atoms with Crippen molar-refractivity contribution in [1.82, 2.24) is 46.2 Å². The molecular formula is C85H143Cl4N19O20. The zero-order chi connectivity index (χ0) is 96.7. The molecule has 43 heteroatoms. The highest BCUT2D eigenvalue weighted by Gasteiger charge is 2.32. The van der Waals surface area contributed by atoms with Gasteiger partial charge in [0.05, 0.1) is 78.9 Å². The van der Waals surface area contributed by atoms with Crippen LogP contribution in [0.1, 0.15) is 205 Å². The molecule has 0 bridgehead atoms. The van der Waals surface area contributed by atoms with Gasteiger partial charge in [-0.2, -0.15) is 11.1 Å². The Morgan fingerprint density at radius 3 is 0.898 bits per heavy atom. The topological polar surface area (TPSA) is 620 Å². The van der Waals surface area contributed by atoms with Gasteiger partial charge >= 0.3 is 5.97 Å². The lowest BCUT2D eigenvalue weighted by Crippen LogP contribution is -2.44. The Morgan fingerprint density at radius 1 is 0.391 bits per heavy atom. The van der Waals surface area contributed by atoms with E-state index >= 15 is 0 Å². The summed E-state index contributed by atoms with van der Waals surface area (Å²) in [4.78, 5) is 126. The molecule has 21 N–H and O–H groups in total. The molecule has 0 aliphatic carbocycles. The van der Waals surface area contributed by atoms with Crippen molar-refractivity contribution in [2.45, 2.75) is 249 Å². The first-order valence-corrected chi connectivity index (χ1v) is 42.2. The molecule has 0 saturated carbocycles. The number of aliphatic hydroxyl groups is 9. The molecule has 0 fully saturated rings. The van der Waals surface area contributed by atoms with Crippen LogP contribution < -0.4 is 38.1 Å². The van der Waals surface area contributed by atoms with Crippen LogP contribution in [0.4, 0.5) is 0 Å². The molecule has 4 aromatic carbocycles. The summed E-state index contributed by atoms with van der Waals surface area (Å²) in [5, 5.41) is 120. The second kappa shape index (κ2) is 74.6. The number of aliphatic hydroxyl groups excluding tert-OH is 9. The number of aliphatic carboxylic acids is 1. The van der Waals surface area contributed by atoms with E-state index in [9.17, 15) is 93.9 Å². The standard InChI is InChI=1S/C20H32N2O4.C19H31N3O4.C19H29N3O4.C19H30N2O4.C8H17NO4.2ClHN4.2ClH/c1-5-9-14(2)19(25)16(23)12-13-17(24)21-18(20(26)22(3)4)15-10-7-6-8-11-15;2*1-4-8-14(20)18(25)15(23)11-12-16(24)21-17(19(26)22(2)3)13-9-6-5-7-10-13;1-5-13(2)18(24)15(22)11-12-16(23)20-17(19(25)21(3)4)14-9-7-6-8-10-14;1-3-5(2)7(12)8(13)9-4-6(10)11;2*1-3-5-4-2;;/h6-8,10-11,14,16,18-19,23,25H,5,9,12-13H2,1-4H3,(H,21,24);5-7,9-10,14-15,17-18,23,25H,4,8,11-12,20H2,1-3H3,(H,21,24);5-7,9-10,14-15,17,23H,4,8,11-12,20H2,1-3H3,(H,21,24);6-10,13,15,17-18,22,24H,5,11-12H2,1-4H3,(H,20,23);5,7-9,12-13H,3-4H2,1-2H3,(H,10,11);2*2H;2*1H/t14?,16-,18+,19?;14?,15-,17+,18?;14?,15-,17+;13?,15-,17+,18?;5?,7?,8-;;;;/m11110..../s1. The normalized spacial score (nSPS) is 14.8. The number of hydrogen-bond acceptors (Lipinski definition) is 26. The van der Waals surface area contributed by atoms with Gasteiger partial charge in [0.15, 0.2) is 5.78 Å². The Bertz CT molecular complexity index is 3660. The molecule has 0 saturated heterocycles. The third kappa shape index (κ3) is 55.0. The van der Waals surface area contributed by atoms with Gasteiger partial charge in [0.1, 0.15) is 36.5 Å². The summed E-state index contributed by atoms with van der Waals surface area (Å²) in [5.41, 5.74) is 26.0. The van der Waals surface area contributed by atoms with Crippen LogP contribution >= 0.6 is 48.4 Å². The predicted octanol–water partition coefficient (Wildman–Crippen LogP) is 7.99. The SMILES string of the molecule is CCC(C)C(O)[C@H](O)CCC(=O)N[C@H](C(=O)N(C)C)c1ccccc1.CCC(C)C(O)[C@H](O)NCC(=O)O.CCCC(C)C(O)[C@H](O)CCC(=O)N[C@H](C(=O)N(C)C)c1ccccc1.CCCC(N)C(=O)[C@H](O)CCC(=O)N[C@H](C(=O)N(C)C)c1ccccc1.CCCC(N)C(O)[C@H](O)CCC(=O)N[C@H](C(=O)N(C)C)c1ccccc1.Cl.Cl.N=NN=NCl.N=NN=NCl. The smallest absolute Gasteiger partial charge is 0.317 e. The maximum Gasteiger partial charge on any atom is 0.317 e. The average Bonchev–Trinajstić information content (AvgIpc) is 0.863. The van der Waals surface area contributed by atoms with Crippen molar-refractivity contribution < 1.29 is 99.0 Å². The molecule has 0 spiro atoms. The third-order valence-electron chi connectivity index (χ3n) is 19.4. The van der Waals surface area contributed by atoms with Crippen LogP contribution in [0.15, 0.2) is 151 Å². The van der Waals surface area contributed by atoms with E-state index in [4.69, 9.17) is 27.6 Å². The monoisotopic (exact) mass is 1890 g/mol. The van der Waals surface area contributed by atoms with Crippen LogP contribution in [-0.2, 0) is 47.9 Å². The zero-order valence-electron chi connectivity index (χ0n) is 76.2. The zero-order valence-corrected chi connectivity index (χ0v) is 79.4. The first-order chi connectivity index (χ1) is 59.4. The van der Waals surface area contributed by atoms with Crippen molar-refractivity contribution in [3.8, 4) is 0 Å². The number of carbonyl (C=O) groups is 10. The predicted molar refractivity (Wildman–Crippen MR) is 491 cm³/mol. The van der Waals surface area contributed by atoms with E-state index in [1.54, 1.807) is 136 Å². The fourth-order valence-electron chi connectivity index (χ4n) is 11.5. The van der Waals surface area contributed by atoms with Crippen LogP contribution in [0.3, 0.4) is 0 Å². The van der Waals surface area contributed by atoms with Gasteiger partial charge in [-0.3, -0.25) is 53.3 Å². The van der Waals surface area contributed by atoms with Crippen LogP contribution in [0, 0.1) is 28.8 Å². The number of amides is 8. The third-order valence-corrected chi connectivity index (χ3v) is 19.5. The van der Waals surface area contributed by atoms with Gasteiger partial charge in [-0.25, -0.2) is 0 Å². The van der Waals surface area contributed by atoms with E-state index in [2.05, 4.69) is 80.3 Å². The summed E-state index contributed by atoms with van der Waals surface area (Å²) >= 11 is 9.09. The summed E-state index contributed by atoms with van der Waals surface area (Å²) in [7, 11) is 13.0. The van der Waals surface area contributed by atoms with Crippen molar-refractivity contribution in [2.24, 2.45) is 59.4 Å². The highest BCUT2D eigenvalue weighted by Crippen LogP contribution is 2.23. The van der Waals surface area contributed by atoms with Gasteiger partial charge in [0.2, 0.25) is 47.3 Å². The number of likely N-dealkylation sites (N-methyl/N-ethyl adjacent to an activating group) is 4. The summed E-state index contributed by atoms with van der Waals surface area (Å²) in [6.07, 6.45) is -2.96. The van der Waals surface area contributed by atoms with Gasteiger partial charge in [-0.05, 0) is 106 Å². The Morgan fingerprint density at radius 2 is 0.656 bits per heavy atom. The molecule has 0 aliphatic rings. The minimum absolute atomic E-state index is 0. The molecule has 0 radical (unpaired) electrons. The largest absolute Gasteiger partial charge is 0.480 e. The number of Topliss-reactive ketones (excluding diaryl/α,β-unsaturated/α-hetero) is 1. The van der Waals surface area contributed by atoms with Crippen LogP contribution in [0.25, 0.3) is 0 Å². The quantitative estimate of drug-likeness (QED) is 0.0113. The average molecular weight is 1890 g/mol. The van der Waals surface area contributed by atoms with Crippen molar-refractivity contribution >= 4 is 107 Å². The Hall–Kier alpha value is -9.14. The van der Waals surface area contributed by atoms with Crippen molar-refractivity contribution in [3.05, 3.63) is 144 Å². The maximum atomic E-state index is 12.4. The lowest BCUT2D eigenvalue weighted by atomic mass is 9.93.